The SMILES string of the molecule is O=C(NC(=O)[C@H]1CCCN1)[C@H]1CCCN1Cc1ccccc1.O=C(O)C(F)(F)F. The molecule has 1 aromatic carbocycles. The van der Waals surface area contributed by atoms with Crippen molar-refractivity contribution in [1.29, 1.82) is 0 Å². The van der Waals surface area contributed by atoms with Crippen molar-refractivity contribution in [2.24, 2.45) is 0 Å². The van der Waals surface area contributed by atoms with Crippen molar-refractivity contribution in [3.63, 3.8) is 0 Å². The smallest absolute Gasteiger partial charge is 0.475 e. The van der Waals surface area contributed by atoms with Crippen LogP contribution in [0, 0.1) is 0 Å². The summed E-state index contributed by atoms with van der Waals surface area (Å²) < 4.78 is 31.7. The van der Waals surface area contributed by atoms with Crippen LogP contribution in [-0.4, -0.2) is 59.1 Å². The molecule has 3 rings (SSSR count). The fraction of sp³-hybridized carbons (Fsp3) is 0.526. The molecule has 160 valence electrons. The van der Waals surface area contributed by atoms with E-state index in [4.69, 9.17) is 9.90 Å². The maximum Gasteiger partial charge on any atom is 0.490 e. The van der Waals surface area contributed by atoms with Crippen molar-refractivity contribution < 1.29 is 32.7 Å². The number of amides is 2. The van der Waals surface area contributed by atoms with E-state index in [2.05, 4.69) is 27.7 Å². The minimum Gasteiger partial charge on any atom is -0.475 e. The minimum absolute atomic E-state index is 0.146. The predicted molar refractivity (Wildman–Crippen MR) is 97.7 cm³/mol. The molecule has 7 nitrogen and oxygen atoms in total. The summed E-state index contributed by atoms with van der Waals surface area (Å²) in [7, 11) is 0. The molecule has 29 heavy (non-hydrogen) atoms. The van der Waals surface area contributed by atoms with E-state index in [1.54, 1.807) is 0 Å². The van der Waals surface area contributed by atoms with Gasteiger partial charge in [0.25, 0.3) is 0 Å². The average Bonchev–Trinajstić information content (AvgIpc) is 3.34. The number of benzene rings is 1. The molecule has 0 spiro atoms. The van der Waals surface area contributed by atoms with Crippen LogP contribution >= 0.6 is 0 Å². The van der Waals surface area contributed by atoms with E-state index < -0.39 is 12.1 Å². The number of likely N-dealkylation sites (tertiary alicyclic amines) is 1. The zero-order valence-corrected chi connectivity index (χ0v) is 15.7. The highest BCUT2D eigenvalue weighted by Gasteiger charge is 2.38. The van der Waals surface area contributed by atoms with Gasteiger partial charge in [-0.25, -0.2) is 4.79 Å². The number of hydrogen-bond donors (Lipinski definition) is 3. The number of aliphatic carboxylic acids is 1. The van der Waals surface area contributed by atoms with Crippen molar-refractivity contribution in [2.75, 3.05) is 13.1 Å². The summed E-state index contributed by atoms with van der Waals surface area (Å²) in [5.74, 6) is -3.08. The zero-order valence-electron chi connectivity index (χ0n) is 15.7. The molecule has 2 saturated heterocycles. The molecule has 2 atom stereocenters. The van der Waals surface area contributed by atoms with Crippen molar-refractivity contribution in [3.05, 3.63) is 35.9 Å². The molecular weight excluding hydrogens is 391 g/mol. The van der Waals surface area contributed by atoms with E-state index in [1.807, 2.05) is 18.2 Å². The molecule has 2 aliphatic heterocycles. The summed E-state index contributed by atoms with van der Waals surface area (Å²) in [5.41, 5.74) is 1.20. The molecule has 2 fully saturated rings. The Morgan fingerprint density at radius 2 is 1.76 bits per heavy atom. The third-order valence-electron chi connectivity index (χ3n) is 4.76. The van der Waals surface area contributed by atoms with Gasteiger partial charge in [-0.15, -0.1) is 0 Å². The fourth-order valence-electron chi connectivity index (χ4n) is 3.33. The van der Waals surface area contributed by atoms with E-state index in [0.29, 0.717) is 0 Å². The lowest BCUT2D eigenvalue weighted by Crippen LogP contribution is -2.49. The van der Waals surface area contributed by atoms with E-state index in [-0.39, 0.29) is 23.9 Å². The minimum atomic E-state index is -5.08. The number of halogens is 3. The second-order valence-electron chi connectivity index (χ2n) is 6.92. The number of nitrogens with one attached hydrogen (secondary N) is 2. The molecule has 0 aliphatic carbocycles. The van der Waals surface area contributed by atoms with Crippen molar-refractivity contribution in [2.45, 2.75) is 50.5 Å². The molecule has 0 unspecified atom stereocenters. The van der Waals surface area contributed by atoms with Crippen LogP contribution in [-0.2, 0) is 20.9 Å². The fourth-order valence-corrected chi connectivity index (χ4v) is 3.33. The second kappa shape index (κ2) is 10.4. The van der Waals surface area contributed by atoms with Gasteiger partial charge in [-0.1, -0.05) is 30.3 Å². The summed E-state index contributed by atoms with van der Waals surface area (Å²) >= 11 is 0. The first-order valence-electron chi connectivity index (χ1n) is 9.34. The molecule has 3 N–H and O–H groups in total. The molecule has 0 radical (unpaired) electrons. The van der Waals surface area contributed by atoms with Crippen molar-refractivity contribution >= 4 is 17.8 Å². The molecule has 0 saturated carbocycles. The lowest BCUT2D eigenvalue weighted by Gasteiger charge is -2.24. The van der Waals surface area contributed by atoms with Gasteiger partial charge < -0.3 is 10.4 Å². The normalized spacial score (nSPS) is 21.9. The van der Waals surface area contributed by atoms with E-state index in [9.17, 15) is 22.8 Å². The Balaban J connectivity index is 0.000000370. The van der Waals surface area contributed by atoms with Crippen LogP contribution in [0.15, 0.2) is 30.3 Å². The Labute approximate surface area is 166 Å². The number of carboxylic acids is 1. The van der Waals surface area contributed by atoms with Crippen LogP contribution in [0.2, 0.25) is 0 Å². The third kappa shape index (κ3) is 7.13. The highest BCUT2D eigenvalue weighted by atomic mass is 19.4. The summed E-state index contributed by atoms with van der Waals surface area (Å²) in [6, 6.07) is 9.76. The molecule has 0 aromatic heterocycles. The number of carbonyl (C=O) groups excluding carboxylic acids is 2. The molecule has 1 aromatic rings. The largest absolute Gasteiger partial charge is 0.490 e. The number of imide groups is 1. The summed E-state index contributed by atoms with van der Waals surface area (Å²) in [6.45, 7) is 2.52. The van der Waals surface area contributed by atoms with Gasteiger partial charge >= 0.3 is 12.1 Å². The van der Waals surface area contributed by atoms with Crippen LogP contribution in [0.4, 0.5) is 13.2 Å². The quantitative estimate of drug-likeness (QED) is 0.648. The average molecular weight is 415 g/mol. The van der Waals surface area contributed by atoms with Gasteiger partial charge in [-0.3, -0.25) is 19.8 Å². The van der Waals surface area contributed by atoms with Crippen molar-refractivity contribution in [1.82, 2.24) is 15.5 Å². The predicted octanol–water partition coefficient (Wildman–Crippen LogP) is 1.68. The first-order chi connectivity index (χ1) is 13.7. The molecular formula is C19H24F3N3O4. The Morgan fingerprint density at radius 1 is 1.10 bits per heavy atom. The van der Waals surface area contributed by atoms with E-state index >= 15 is 0 Å². The topological polar surface area (TPSA) is 98.7 Å². The maximum absolute atomic E-state index is 12.4. The van der Waals surface area contributed by atoms with Crippen LogP contribution in [0.5, 0.6) is 0 Å². The lowest BCUT2D eigenvalue weighted by atomic mass is 10.1. The van der Waals surface area contributed by atoms with Crippen LogP contribution in [0.25, 0.3) is 0 Å². The number of alkyl halides is 3. The van der Waals surface area contributed by atoms with Crippen LogP contribution in [0.3, 0.4) is 0 Å². The number of rotatable bonds is 4. The lowest BCUT2D eigenvalue weighted by molar-refractivity contribution is -0.192. The maximum atomic E-state index is 12.4. The Kier molecular flexibility index (Phi) is 8.15. The molecule has 2 aliphatic rings. The highest BCUT2D eigenvalue weighted by Crippen LogP contribution is 2.20. The summed E-state index contributed by atoms with van der Waals surface area (Å²) in [5, 5.41) is 12.8. The molecule has 0 bridgehead atoms. The van der Waals surface area contributed by atoms with Gasteiger partial charge in [-0.05, 0) is 44.3 Å². The Bertz CT molecular complexity index is 706. The summed E-state index contributed by atoms with van der Waals surface area (Å²) in [4.78, 5) is 35.5. The standard InChI is InChI=1S/C17H23N3O2.C2HF3O2/c21-16(14-8-4-10-18-14)19-17(22)15-9-5-11-20(15)12-13-6-2-1-3-7-13;3-2(4,5)1(6)7/h1-3,6-7,14-15,18H,4-5,8-12H2,(H,19,21,22);(H,6,7)/t14-,15-;/m1./s1. The van der Waals surface area contributed by atoms with Crippen molar-refractivity contribution in [3.8, 4) is 0 Å². The van der Waals surface area contributed by atoms with Gasteiger partial charge in [0.05, 0.1) is 12.1 Å². The molecule has 2 amide bonds. The van der Waals surface area contributed by atoms with Gasteiger partial charge in [-0.2, -0.15) is 13.2 Å². The van der Waals surface area contributed by atoms with E-state index in [1.165, 1.54) is 5.56 Å². The zero-order chi connectivity index (χ0) is 21.4. The second-order valence-corrected chi connectivity index (χ2v) is 6.92. The third-order valence-corrected chi connectivity index (χ3v) is 4.76. The number of nitrogens with zero attached hydrogens (tertiary/aromatic N) is 1. The Morgan fingerprint density at radius 3 is 2.31 bits per heavy atom. The van der Waals surface area contributed by atoms with Gasteiger partial charge in [0, 0.05) is 6.54 Å². The number of carbonyl (C=O) groups is 3. The monoisotopic (exact) mass is 415 g/mol. The van der Waals surface area contributed by atoms with Crippen LogP contribution in [0.1, 0.15) is 31.2 Å². The van der Waals surface area contributed by atoms with Gasteiger partial charge in [0.15, 0.2) is 0 Å². The number of carboxylic acid groups (broad SMARTS) is 1. The first-order valence-corrected chi connectivity index (χ1v) is 9.34. The molecule has 10 heteroatoms. The number of hydrogen-bond acceptors (Lipinski definition) is 5. The first kappa shape index (κ1) is 22.8. The summed E-state index contributed by atoms with van der Waals surface area (Å²) in [6.07, 6.45) is -1.45. The van der Waals surface area contributed by atoms with Crippen LogP contribution < -0.4 is 10.6 Å². The highest BCUT2D eigenvalue weighted by molar-refractivity contribution is 6.00. The Hall–Kier alpha value is -2.46. The molecule has 2 heterocycles. The van der Waals surface area contributed by atoms with Gasteiger partial charge in [0.1, 0.15) is 0 Å². The van der Waals surface area contributed by atoms with Gasteiger partial charge in [0.2, 0.25) is 11.8 Å². The van der Waals surface area contributed by atoms with E-state index in [0.717, 1.165) is 45.3 Å².